The molecular weight excluding hydrogens is 262 g/mol. The van der Waals surface area contributed by atoms with Gasteiger partial charge in [-0.1, -0.05) is 0 Å². The lowest BCUT2D eigenvalue weighted by Crippen LogP contribution is -2.37. The second kappa shape index (κ2) is 7.78. The SMILES string of the molecule is CCNC(=O)C(=O)N/N=C\c1ccc(O)c(OCC)c1. The van der Waals surface area contributed by atoms with E-state index in [1.54, 1.807) is 26.0 Å². The molecule has 3 N–H and O–H groups in total. The summed E-state index contributed by atoms with van der Waals surface area (Å²) in [5.74, 6) is -1.24. The highest BCUT2D eigenvalue weighted by atomic mass is 16.5. The van der Waals surface area contributed by atoms with Gasteiger partial charge < -0.3 is 15.2 Å². The average molecular weight is 279 g/mol. The van der Waals surface area contributed by atoms with Crippen molar-refractivity contribution in [2.45, 2.75) is 13.8 Å². The number of phenolic OH excluding ortho intramolecular Hbond substituents is 1. The fourth-order valence-electron chi connectivity index (χ4n) is 1.34. The molecule has 0 aliphatic carbocycles. The molecule has 0 heterocycles. The third kappa shape index (κ3) is 4.60. The van der Waals surface area contributed by atoms with Crippen molar-refractivity contribution >= 4 is 18.0 Å². The first-order chi connectivity index (χ1) is 9.58. The first kappa shape index (κ1) is 15.5. The van der Waals surface area contributed by atoms with E-state index in [1.165, 1.54) is 12.3 Å². The molecule has 0 aliphatic rings. The minimum atomic E-state index is -0.841. The zero-order valence-corrected chi connectivity index (χ0v) is 11.3. The smallest absolute Gasteiger partial charge is 0.329 e. The Balaban J connectivity index is 2.64. The summed E-state index contributed by atoms with van der Waals surface area (Å²) in [6.07, 6.45) is 1.35. The van der Waals surface area contributed by atoms with Gasteiger partial charge in [0.05, 0.1) is 12.8 Å². The first-order valence-electron chi connectivity index (χ1n) is 6.15. The van der Waals surface area contributed by atoms with Crippen LogP contribution in [0.15, 0.2) is 23.3 Å². The topological polar surface area (TPSA) is 100 Å². The Kier molecular flexibility index (Phi) is 6.02. The summed E-state index contributed by atoms with van der Waals surface area (Å²) in [6.45, 7) is 4.29. The highest BCUT2D eigenvalue weighted by molar-refractivity contribution is 6.35. The van der Waals surface area contributed by atoms with Gasteiger partial charge in [-0.05, 0) is 37.6 Å². The van der Waals surface area contributed by atoms with Crippen LogP contribution in [0.2, 0.25) is 0 Å². The molecule has 20 heavy (non-hydrogen) atoms. The molecule has 0 atom stereocenters. The van der Waals surface area contributed by atoms with Crippen LogP contribution >= 0.6 is 0 Å². The Bertz CT molecular complexity index is 514. The number of hydrazone groups is 1. The lowest BCUT2D eigenvalue weighted by molar-refractivity contribution is -0.139. The normalized spacial score (nSPS) is 10.3. The number of aromatic hydroxyl groups is 1. The first-order valence-corrected chi connectivity index (χ1v) is 6.15. The quantitative estimate of drug-likeness (QED) is 0.412. The van der Waals surface area contributed by atoms with Crippen LogP contribution in [0.3, 0.4) is 0 Å². The summed E-state index contributed by atoms with van der Waals surface area (Å²) >= 11 is 0. The third-order valence-electron chi connectivity index (χ3n) is 2.21. The summed E-state index contributed by atoms with van der Waals surface area (Å²) in [5, 5.41) is 15.5. The van der Waals surface area contributed by atoms with E-state index < -0.39 is 11.8 Å². The molecule has 0 fully saturated rings. The molecule has 0 bridgehead atoms. The van der Waals surface area contributed by atoms with Crippen molar-refractivity contribution in [1.82, 2.24) is 10.7 Å². The molecule has 7 nitrogen and oxygen atoms in total. The van der Waals surface area contributed by atoms with Crippen LogP contribution in [-0.4, -0.2) is 36.3 Å². The van der Waals surface area contributed by atoms with Crippen molar-refractivity contribution in [3.8, 4) is 11.5 Å². The van der Waals surface area contributed by atoms with E-state index in [1.807, 2.05) is 0 Å². The molecular formula is C13H17N3O4. The maximum Gasteiger partial charge on any atom is 0.329 e. The monoisotopic (exact) mass is 279 g/mol. The lowest BCUT2D eigenvalue weighted by Gasteiger charge is -2.06. The Morgan fingerprint density at radius 1 is 1.35 bits per heavy atom. The van der Waals surface area contributed by atoms with Crippen LogP contribution in [-0.2, 0) is 9.59 Å². The molecule has 0 aliphatic heterocycles. The highest BCUT2D eigenvalue weighted by Gasteiger charge is 2.10. The minimum Gasteiger partial charge on any atom is -0.504 e. The molecule has 1 rings (SSSR count). The molecule has 0 saturated carbocycles. The van der Waals surface area contributed by atoms with E-state index in [0.29, 0.717) is 24.5 Å². The van der Waals surface area contributed by atoms with Crippen molar-refractivity contribution in [3.63, 3.8) is 0 Å². The van der Waals surface area contributed by atoms with E-state index in [9.17, 15) is 14.7 Å². The van der Waals surface area contributed by atoms with Crippen LogP contribution in [0.1, 0.15) is 19.4 Å². The second-order valence-corrected chi connectivity index (χ2v) is 3.72. The number of nitrogens with one attached hydrogen (secondary N) is 2. The van der Waals surface area contributed by atoms with Crippen LogP contribution < -0.4 is 15.5 Å². The molecule has 0 unspecified atom stereocenters. The predicted molar refractivity (Wildman–Crippen MR) is 73.7 cm³/mol. The van der Waals surface area contributed by atoms with Gasteiger partial charge in [-0.15, -0.1) is 0 Å². The number of carbonyl (C=O) groups excluding carboxylic acids is 2. The number of rotatable bonds is 5. The van der Waals surface area contributed by atoms with Gasteiger partial charge in [-0.2, -0.15) is 5.10 Å². The summed E-state index contributed by atoms with van der Waals surface area (Å²) in [5.41, 5.74) is 2.71. The molecule has 1 aromatic rings. The van der Waals surface area contributed by atoms with Gasteiger partial charge in [0.1, 0.15) is 0 Å². The zero-order chi connectivity index (χ0) is 15.0. The summed E-state index contributed by atoms with van der Waals surface area (Å²) in [6, 6.07) is 4.62. The van der Waals surface area contributed by atoms with Crippen molar-refractivity contribution in [1.29, 1.82) is 0 Å². The van der Waals surface area contributed by atoms with Gasteiger partial charge in [0.2, 0.25) is 0 Å². The van der Waals surface area contributed by atoms with Gasteiger partial charge in [0.15, 0.2) is 11.5 Å². The van der Waals surface area contributed by atoms with Gasteiger partial charge in [-0.3, -0.25) is 9.59 Å². The largest absolute Gasteiger partial charge is 0.504 e. The van der Waals surface area contributed by atoms with Gasteiger partial charge in [0.25, 0.3) is 0 Å². The Morgan fingerprint density at radius 2 is 2.10 bits per heavy atom. The van der Waals surface area contributed by atoms with Crippen molar-refractivity contribution in [2.24, 2.45) is 5.10 Å². The van der Waals surface area contributed by atoms with Gasteiger partial charge in [0, 0.05) is 6.54 Å². The van der Waals surface area contributed by atoms with Crippen LogP contribution in [0.25, 0.3) is 0 Å². The maximum absolute atomic E-state index is 11.2. The van der Waals surface area contributed by atoms with Crippen LogP contribution in [0, 0.1) is 0 Å². The predicted octanol–water partition coefficient (Wildman–Crippen LogP) is 0.377. The summed E-state index contributed by atoms with van der Waals surface area (Å²) in [7, 11) is 0. The van der Waals surface area contributed by atoms with E-state index >= 15 is 0 Å². The Morgan fingerprint density at radius 3 is 2.75 bits per heavy atom. The molecule has 7 heteroatoms. The number of hydrogen-bond donors (Lipinski definition) is 3. The molecule has 0 spiro atoms. The highest BCUT2D eigenvalue weighted by Crippen LogP contribution is 2.25. The average Bonchev–Trinajstić information content (AvgIpc) is 2.42. The van der Waals surface area contributed by atoms with E-state index in [2.05, 4.69) is 15.8 Å². The molecule has 0 radical (unpaired) electrons. The van der Waals surface area contributed by atoms with Crippen molar-refractivity contribution in [3.05, 3.63) is 23.8 Å². The van der Waals surface area contributed by atoms with Crippen LogP contribution in [0.5, 0.6) is 11.5 Å². The molecule has 2 amide bonds. The Labute approximate surface area is 116 Å². The maximum atomic E-state index is 11.2. The van der Waals surface area contributed by atoms with Crippen LogP contribution in [0.4, 0.5) is 0 Å². The van der Waals surface area contributed by atoms with Crippen molar-refractivity contribution < 1.29 is 19.4 Å². The number of amides is 2. The number of ether oxygens (including phenoxy) is 1. The number of nitrogens with zero attached hydrogens (tertiary/aromatic N) is 1. The summed E-state index contributed by atoms with van der Waals surface area (Å²) in [4.78, 5) is 22.4. The fourth-order valence-corrected chi connectivity index (χ4v) is 1.34. The standard InChI is InChI=1S/C13H17N3O4/c1-3-14-12(18)13(19)16-15-8-9-5-6-10(17)11(7-9)20-4-2/h5-8,17H,3-4H2,1-2H3,(H,14,18)(H,16,19)/b15-8-. The van der Waals surface area contributed by atoms with Gasteiger partial charge >= 0.3 is 11.8 Å². The number of likely N-dealkylation sites (N-methyl/N-ethyl adjacent to an activating group) is 1. The Hall–Kier alpha value is -2.57. The zero-order valence-electron chi connectivity index (χ0n) is 11.3. The van der Waals surface area contributed by atoms with E-state index in [0.717, 1.165) is 0 Å². The molecule has 1 aromatic carbocycles. The van der Waals surface area contributed by atoms with E-state index in [4.69, 9.17) is 4.74 Å². The lowest BCUT2D eigenvalue weighted by atomic mass is 10.2. The van der Waals surface area contributed by atoms with Crippen molar-refractivity contribution in [2.75, 3.05) is 13.2 Å². The molecule has 0 aromatic heterocycles. The fraction of sp³-hybridized carbons (Fsp3) is 0.308. The summed E-state index contributed by atoms with van der Waals surface area (Å²) < 4.78 is 5.21. The minimum absolute atomic E-state index is 0.0235. The molecule has 0 saturated heterocycles. The van der Waals surface area contributed by atoms with E-state index in [-0.39, 0.29) is 5.75 Å². The second-order valence-electron chi connectivity index (χ2n) is 3.72. The molecule has 108 valence electrons. The number of hydrogen-bond acceptors (Lipinski definition) is 5. The van der Waals surface area contributed by atoms with Gasteiger partial charge in [-0.25, -0.2) is 5.43 Å². The number of benzene rings is 1. The number of carbonyl (C=O) groups is 2. The third-order valence-corrected chi connectivity index (χ3v) is 2.21. The number of phenols is 1.